The Morgan fingerprint density at radius 2 is 2.19 bits per heavy atom. The summed E-state index contributed by atoms with van der Waals surface area (Å²) in [6.07, 6.45) is 1.45. The molecule has 1 unspecified atom stereocenters. The third-order valence-corrected chi connectivity index (χ3v) is 3.89. The smallest absolute Gasteiger partial charge is 0.408 e. The number of rotatable bonds is 2. The van der Waals surface area contributed by atoms with E-state index < -0.39 is 11.4 Å². The molecule has 6 heteroatoms. The van der Waals surface area contributed by atoms with Gasteiger partial charge in [-0.15, -0.1) is 0 Å². The predicted molar refractivity (Wildman–Crippen MR) is 76.9 cm³/mol. The van der Waals surface area contributed by atoms with E-state index in [0.29, 0.717) is 30.6 Å². The number of para-hydroxylation sites is 2. The number of fused-ring (bicyclic) bond motifs is 1. The number of aromatic nitrogens is 1. The number of hydrogen-bond acceptors (Lipinski definition) is 4. The Labute approximate surface area is 121 Å². The fourth-order valence-corrected chi connectivity index (χ4v) is 2.83. The number of amides is 1. The second-order valence-corrected chi connectivity index (χ2v) is 5.84. The van der Waals surface area contributed by atoms with Crippen molar-refractivity contribution < 1.29 is 14.3 Å². The zero-order valence-electron chi connectivity index (χ0n) is 11.9. The Hall–Kier alpha value is -2.08. The molecule has 1 amide bonds. The fraction of sp³-hybridized carbons (Fsp3) is 0.467. The standard InChI is InChI=1S/C15H18N2O4/c1-15(20)7-4-8-16(10-15)13(18)9-17-11-5-2-3-6-12(11)21-14(17)19/h2-3,5-6,20H,4,7-10H2,1H3. The molecule has 2 heterocycles. The molecule has 0 spiro atoms. The maximum absolute atomic E-state index is 12.4. The normalized spacial score (nSPS) is 22.7. The molecule has 1 aliphatic heterocycles. The lowest BCUT2D eigenvalue weighted by molar-refractivity contribution is -0.138. The molecule has 1 aliphatic rings. The van der Waals surface area contributed by atoms with E-state index in [1.54, 1.807) is 36.1 Å². The summed E-state index contributed by atoms with van der Waals surface area (Å²) in [6.45, 7) is 2.58. The lowest BCUT2D eigenvalue weighted by atomic mass is 9.95. The molecule has 0 radical (unpaired) electrons. The van der Waals surface area contributed by atoms with Gasteiger partial charge in [-0.3, -0.25) is 9.36 Å². The monoisotopic (exact) mass is 290 g/mol. The molecule has 1 N–H and O–H groups in total. The highest BCUT2D eigenvalue weighted by molar-refractivity contribution is 5.79. The SMILES string of the molecule is CC1(O)CCCN(C(=O)Cn2c(=O)oc3ccccc32)C1. The number of benzene rings is 1. The maximum atomic E-state index is 12.4. The number of β-amino-alcohol motifs (C(OH)–C–C–N with tert-alkyl or cyclic N) is 1. The molecular weight excluding hydrogens is 272 g/mol. The average Bonchev–Trinajstić information content (AvgIpc) is 2.74. The number of carbonyl (C=O) groups is 1. The second kappa shape index (κ2) is 5.04. The zero-order valence-corrected chi connectivity index (χ0v) is 11.9. The third kappa shape index (κ3) is 2.71. The number of carbonyl (C=O) groups excluding carboxylic acids is 1. The minimum atomic E-state index is -0.850. The van der Waals surface area contributed by atoms with Gasteiger partial charge in [0.2, 0.25) is 5.91 Å². The van der Waals surface area contributed by atoms with Gasteiger partial charge in [0, 0.05) is 13.1 Å². The van der Waals surface area contributed by atoms with E-state index in [4.69, 9.17) is 4.42 Å². The molecule has 1 aromatic carbocycles. The summed E-state index contributed by atoms with van der Waals surface area (Å²) in [6, 6.07) is 7.02. The van der Waals surface area contributed by atoms with Crippen molar-refractivity contribution in [1.29, 1.82) is 0 Å². The quantitative estimate of drug-likeness (QED) is 0.894. The fourth-order valence-electron chi connectivity index (χ4n) is 2.83. The highest BCUT2D eigenvalue weighted by atomic mass is 16.4. The van der Waals surface area contributed by atoms with Crippen LogP contribution in [0.3, 0.4) is 0 Å². The van der Waals surface area contributed by atoms with Crippen LogP contribution in [0.25, 0.3) is 11.1 Å². The summed E-state index contributed by atoms with van der Waals surface area (Å²) in [5.41, 5.74) is 0.234. The van der Waals surface area contributed by atoms with Gasteiger partial charge in [0.1, 0.15) is 6.54 Å². The first kappa shape index (κ1) is 13.9. The summed E-state index contributed by atoms with van der Waals surface area (Å²) >= 11 is 0. The molecule has 0 bridgehead atoms. The minimum absolute atomic E-state index is 0.0636. The summed E-state index contributed by atoms with van der Waals surface area (Å²) < 4.78 is 6.45. The van der Waals surface area contributed by atoms with E-state index in [2.05, 4.69) is 0 Å². The van der Waals surface area contributed by atoms with Crippen LogP contribution in [-0.2, 0) is 11.3 Å². The molecule has 0 aliphatic carbocycles. The van der Waals surface area contributed by atoms with Crippen molar-refractivity contribution >= 4 is 17.0 Å². The molecular formula is C15H18N2O4. The molecule has 6 nitrogen and oxygen atoms in total. The third-order valence-electron chi connectivity index (χ3n) is 3.89. The molecule has 2 aromatic rings. The van der Waals surface area contributed by atoms with E-state index in [0.717, 1.165) is 6.42 Å². The zero-order chi connectivity index (χ0) is 15.0. The van der Waals surface area contributed by atoms with Crippen molar-refractivity contribution in [3.05, 3.63) is 34.8 Å². The summed E-state index contributed by atoms with van der Waals surface area (Å²) in [5, 5.41) is 10.1. The summed E-state index contributed by atoms with van der Waals surface area (Å²) in [7, 11) is 0. The maximum Gasteiger partial charge on any atom is 0.420 e. The summed E-state index contributed by atoms with van der Waals surface area (Å²) in [5.74, 6) is -0.711. The average molecular weight is 290 g/mol. The van der Waals surface area contributed by atoms with E-state index >= 15 is 0 Å². The second-order valence-electron chi connectivity index (χ2n) is 5.84. The van der Waals surface area contributed by atoms with Crippen molar-refractivity contribution in [3.63, 3.8) is 0 Å². The Morgan fingerprint density at radius 3 is 2.95 bits per heavy atom. The number of oxazole rings is 1. The van der Waals surface area contributed by atoms with Gasteiger partial charge in [0.05, 0.1) is 11.1 Å². The van der Waals surface area contributed by atoms with E-state index in [9.17, 15) is 14.7 Å². The van der Waals surface area contributed by atoms with Crippen molar-refractivity contribution in [3.8, 4) is 0 Å². The largest absolute Gasteiger partial charge is 0.420 e. The highest BCUT2D eigenvalue weighted by Crippen LogP contribution is 2.20. The van der Waals surface area contributed by atoms with Crippen molar-refractivity contribution in [2.75, 3.05) is 13.1 Å². The number of hydrogen-bond donors (Lipinski definition) is 1. The van der Waals surface area contributed by atoms with Crippen LogP contribution in [0.1, 0.15) is 19.8 Å². The Morgan fingerprint density at radius 1 is 1.43 bits per heavy atom. The first-order valence-electron chi connectivity index (χ1n) is 7.05. The van der Waals surface area contributed by atoms with E-state index in [1.165, 1.54) is 4.57 Å². The summed E-state index contributed by atoms with van der Waals surface area (Å²) in [4.78, 5) is 25.8. The lowest BCUT2D eigenvalue weighted by Gasteiger charge is -2.36. The first-order valence-corrected chi connectivity index (χ1v) is 7.05. The van der Waals surface area contributed by atoms with E-state index in [-0.39, 0.29) is 12.5 Å². The van der Waals surface area contributed by atoms with Crippen LogP contribution in [0, 0.1) is 0 Å². The van der Waals surface area contributed by atoms with Gasteiger partial charge in [0.25, 0.3) is 0 Å². The molecule has 3 rings (SSSR count). The highest BCUT2D eigenvalue weighted by Gasteiger charge is 2.31. The number of nitrogens with zero attached hydrogens (tertiary/aromatic N) is 2. The van der Waals surface area contributed by atoms with Crippen LogP contribution >= 0.6 is 0 Å². The molecule has 112 valence electrons. The van der Waals surface area contributed by atoms with Crippen LogP contribution in [0.5, 0.6) is 0 Å². The van der Waals surface area contributed by atoms with Crippen LogP contribution in [0.2, 0.25) is 0 Å². The van der Waals surface area contributed by atoms with Gasteiger partial charge in [0.15, 0.2) is 5.58 Å². The predicted octanol–water partition coefficient (Wildman–Crippen LogP) is 0.968. The molecule has 1 saturated heterocycles. The Bertz CT molecular complexity index is 729. The Kier molecular flexibility index (Phi) is 3.33. The molecule has 21 heavy (non-hydrogen) atoms. The molecule has 1 atom stereocenters. The van der Waals surface area contributed by atoms with Gasteiger partial charge in [-0.25, -0.2) is 4.79 Å². The van der Waals surface area contributed by atoms with Gasteiger partial charge in [-0.05, 0) is 31.9 Å². The van der Waals surface area contributed by atoms with Gasteiger partial charge in [-0.1, -0.05) is 12.1 Å². The number of aliphatic hydroxyl groups is 1. The number of likely N-dealkylation sites (tertiary alicyclic amines) is 1. The molecule has 1 aromatic heterocycles. The molecule has 1 fully saturated rings. The van der Waals surface area contributed by atoms with Gasteiger partial charge in [-0.2, -0.15) is 0 Å². The Balaban J connectivity index is 1.84. The van der Waals surface area contributed by atoms with Gasteiger partial charge < -0.3 is 14.4 Å². The van der Waals surface area contributed by atoms with E-state index in [1.807, 2.05) is 0 Å². The first-order chi connectivity index (χ1) is 9.96. The van der Waals surface area contributed by atoms with Crippen molar-refractivity contribution in [1.82, 2.24) is 9.47 Å². The van der Waals surface area contributed by atoms with Crippen molar-refractivity contribution in [2.45, 2.75) is 31.9 Å². The van der Waals surface area contributed by atoms with Crippen LogP contribution in [0.15, 0.2) is 33.5 Å². The van der Waals surface area contributed by atoms with Gasteiger partial charge >= 0.3 is 5.76 Å². The van der Waals surface area contributed by atoms with Crippen LogP contribution in [0.4, 0.5) is 0 Å². The topological polar surface area (TPSA) is 75.7 Å². The minimum Gasteiger partial charge on any atom is -0.408 e. The lowest BCUT2D eigenvalue weighted by Crippen LogP contribution is -2.49. The number of piperidine rings is 1. The molecule has 0 saturated carbocycles. The van der Waals surface area contributed by atoms with Crippen molar-refractivity contribution in [2.24, 2.45) is 0 Å². The van der Waals surface area contributed by atoms with Crippen LogP contribution < -0.4 is 5.76 Å². The van der Waals surface area contributed by atoms with Crippen LogP contribution in [-0.4, -0.2) is 39.2 Å².